The maximum Gasteiger partial charge on any atom is 0.119 e. The van der Waals surface area contributed by atoms with E-state index in [4.69, 9.17) is 14.2 Å². The number of hydrogen-bond donors (Lipinski definition) is 1. The van der Waals surface area contributed by atoms with Crippen LogP contribution in [0.25, 0.3) is 0 Å². The van der Waals surface area contributed by atoms with E-state index in [1.54, 1.807) is 55.6 Å². The Morgan fingerprint density at radius 2 is 1.27 bits per heavy atom. The average molecular weight is 408 g/mol. The highest BCUT2D eigenvalue weighted by Gasteiger charge is 2.08. The fraction of sp³-hybridized carbons (Fsp3) is 0.217. The summed E-state index contributed by atoms with van der Waals surface area (Å²) in [6.07, 6.45) is 0. The summed E-state index contributed by atoms with van der Waals surface area (Å²) < 4.78 is 16.8. The van der Waals surface area contributed by atoms with E-state index in [0.29, 0.717) is 43.5 Å². The minimum absolute atomic E-state index is 0.205. The van der Waals surface area contributed by atoms with Crippen LogP contribution < -0.4 is 19.1 Å². The summed E-state index contributed by atoms with van der Waals surface area (Å²) in [6, 6.07) is 21.1. The molecular weight excluding hydrogens is 384 g/mol. The molecule has 0 spiro atoms. The molecular formula is C23H24N2O5. The van der Waals surface area contributed by atoms with Crippen molar-refractivity contribution in [1.29, 1.82) is 0 Å². The Bertz CT molecular complexity index is 912. The number of phenolic OH excluding ortho intramolecular Hbond substituents is 1. The summed E-state index contributed by atoms with van der Waals surface area (Å²) in [5, 5.41) is 12.3. The molecule has 3 aromatic rings. The average Bonchev–Trinajstić information content (AvgIpc) is 2.80. The summed E-state index contributed by atoms with van der Waals surface area (Å²) in [4.78, 5) is 12.7. The molecule has 0 aliphatic heterocycles. The zero-order chi connectivity index (χ0) is 21.2. The van der Waals surface area contributed by atoms with Crippen molar-refractivity contribution in [3.8, 4) is 23.0 Å². The molecule has 0 aliphatic rings. The van der Waals surface area contributed by atoms with Crippen molar-refractivity contribution in [2.45, 2.75) is 0 Å². The van der Waals surface area contributed by atoms with Crippen LogP contribution >= 0.6 is 0 Å². The van der Waals surface area contributed by atoms with Crippen LogP contribution in [0.5, 0.6) is 23.0 Å². The monoisotopic (exact) mass is 408 g/mol. The SMILES string of the molecule is COc1ccc(N(CCOc2ccc(O)cc2)CCOc2ccc(N=O)cc2)cc1. The number of rotatable bonds is 11. The first-order valence-corrected chi connectivity index (χ1v) is 9.55. The van der Waals surface area contributed by atoms with Crippen LogP contribution in [0.1, 0.15) is 0 Å². The highest BCUT2D eigenvalue weighted by molar-refractivity contribution is 5.49. The molecule has 0 atom stereocenters. The number of methoxy groups -OCH3 is 1. The van der Waals surface area contributed by atoms with Crippen LogP contribution in [-0.2, 0) is 0 Å². The smallest absolute Gasteiger partial charge is 0.119 e. The number of phenols is 1. The van der Waals surface area contributed by atoms with E-state index in [-0.39, 0.29) is 5.75 Å². The largest absolute Gasteiger partial charge is 0.508 e. The lowest BCUT2D eigenvalue weighted by atomic mass is 10.2. The lowest BCUT2D eigenvalue weighted by Gasteiger charge is -2.25. The number of anilines is 1. The minimum Gasteiger partial charge on any atom is -0.508 e. The predicted octanol–water partition coefficient (Wildman–Crippen LogP) is 4.76. The molecule has 0 radical (unpaired) electrons. The van der Waals surface area contributed by atoms with Crippen LogP contribution in [-0.4, -0.2) is 38.5 Å². The van der Waals surface area contributed by atoms with Gasteiger partial charge in [0.05, 0.1) is 20.2 Å². The Morgan fingerprint density at radius 3 is 1.77 bits per heavy atom. The van der Waals surface area contributed by atoms with Gasteiger partial charge in [-0.3, -0.25) is 0 Å². The topological polar surface area (TPSA) is 80.6 Å². The molecule has 3 aromatic carbocycles. The summed E-state index contributed by atoms with van der Waals surface area (Å²) in [5.74, 6) is 2.37. The second-order valence-electron chi connectivity index (χ2n) is 6.46. The van der Waals surface area contributed by atoms with E-state index in [9.17, 15) is 10.0 Å². The van der Waals surface area contributed by atoms with E-state index in [0.717, 1.165) is 11.4 Å². The van der Waals surface area contributed by atoms with Gasteiger partial charge in [-0.2, -0.15) is 0 Å². The molecule has 0 bridgehead atoms. The first-order valence-electron chi connectivity index (χ1n) is 9.55. The third-order valence-corrected chi connectivity index (χ3v) is 4.48. The molecule has 0 saturated heterocycles. The van der Waals surface area contributed by atoms with Gasteiger partial charge in [-0.15, -0.1) is 4.91 Å². The normalized spacial score (nSPS) is 10.3. The molecule has 30 heavy (non-hydrogen) atoms. The number of ether oxygens (including phenoxy) is 3. The van der Waals surface area contributed by atoms with Gasteiger partial charge in [0.25, 0.3) is 0 Å². The van der Waals surface area contributed by atoms with E-state index < -0.39 is 0 Å². The third-order valence-electron chi connectivity index (χ3n) is 4.48. The van der Waals surface area contributed by atoms with Gasteiger partial charge >= 0.3 is 0 Å². The quantitative estimate of drug-likeness (QED) is 0.461. The van der Waals surface area contributed by atoms with Crippen LogP contribution in [0.4, 0.5) is 11.4 Å². The second kappa shape index (κ2) is 10.7. The van der Waals surface area contributed by atoms with Gasteiger partial charge in [0.1, 0.15) is 41.9 Å². The minimum atomic E-state index is 0.205. The number of nitroso groups, excluding NO2 is 1. The molecule has 1 N–H and O–H groups in total. The standard InChI is InChI=1S/C23H24N2O5/c1-28-21-10-4-19(5-11-21)25(15-17-30-23-12-6-20(26)7-13-23)14-16-29-22-8-2-18(24-27)3-9-22/h2-13,26H,14-17H2,1H3. The van der Waals surface area contributed by atoms with Gasteiger partial charge in [-0.05, 0) is 78.0 Å². The fourth-order valence-corrected chi connectivity index (χ4v) is 2.86. The molecule has 156 valence electrons. The molecule has 0 amide bonds. The maximum absolute atomic E-state index is 10.5. The summed E-state index contributed by atoms with van der Waals surface area (Å²) in [6.45, 7) is 2.21. The molecule has 3 rings (SSSR count). The molecule has 0 fully saturated rings. The van der Waals surface area contributed by atoms with E-state index in [1.807, 2.05) is 24.3 Å². The maximum atomic E-state index is 10.5. The van der Waals surface area contributed by atoms with Crippen molar-refractivity contribution < 1.29 is 19.3 Å². The molecule has 0 aromatic heterocycles. The highest BCUT2D eigenvalue weighted by Crippen LogP contribution is 2.21. The molecule has 0 heterocycles. The predicted molar refractivity (Wildman–Crippen MR) is 116 cm³/mol. The lowest BCUT2D eigenvalue weighted by Crippen LogP contribution is -2.32. The second-order valence-corrected chi connectivity index (χ2v) is 6.46. The van der Waals surface area contributed by atoms with Crippen molar-refractivity contribution in [3.63, 3.8) is 0 Å². The summed E-state index contributed by atoms with van der Waals surface area (Å²) >= 11 is 0. The molecule has 0 unspecified atom stereocenters. The number of nitrogens with zero attached hydrogens (tertiary/aromatic N) is 2. The first kappa shape index (κ1) is 21.0. The van der Waals surface area contributed by atoms with E-state index in [2.05, 4.69) is 10.1 Å². The van der Waals surface area contributed by atoms with Gasteiger partial charge < -0.3 is 24.2 Å². The lowest BCUT2D eigenvalue weighted by molar-refractivity contribution is 0.303. The van der Waals surface area contributed by atoms with Crippen molar-refractivity contribution in [1.82, 2.24) is 0 Å². The van der Waals surface area contributed by atoms with Crippen molar-refractivity contribution >= 4 is 11.4 Å². The number of aromatic hydroxyl groups is 1. The number of hydrogen-bond acceptors (Lipinski definition) is 7. The van der Waals surface area contributed by atoms with Gasteiger partial charge in [-0.1, -0.05) is 0 Å². The molecule has 7 nitrogen and oxygen atoms in total. The van der Waals surface area contributed by atoms with Crippen molar-refractivity contribution in [2.24, 2.45) is 5.18 Å². The third kappa shape index (κ3) is 6.13. The Morgan fingerprint density at radius 1 is 0.767 bits per heavy atom. The van der Waals surface area contributed by atoms with Gasteiger partial charge in [0.15, 0.2) is 0 Å². The van der Waals surface area contributed by atoms with Crippen molar-refractivity contribution in [3.05, 3.63) is 77.7 Å². The Kier molecular flexibility index (Phi) is 7.49. The zero-order valence-corrected chi connectivity index (χ0v) is 16.7. The van der Waals surface area contributed by atoms with Gasteiger partial charge in [0, 0.05) is 5.69 Å². The van der Waals surface area contributed by atoms with Crippen LogP contribution in [0.15, 0.2) is 78.0 Å². The van der Waals surface area contributed by atoms with Gasteiger partial charge in [0.2, 0.25) is 0 Å². The van der Waals surface area contributed by atoms with Crippen LogP contribution in [0.2, 0.25) is 0 Å². The fourth-order valence-electron chi connectivity index (χ4n) is 2.86. The summed E-state index contributed by atoms with van der Waals surface area (Å²) in [7, 11) is 1.64. The Labute approximate surface area is 175 Å². The Balaban J connectivity index is 1.58. The first-order chi connectivity index (χ1) is 14.7. The Hall–Kier alpha value is -3.74. The van der Waals surface area contributed by atoms with Crippen molar-refractivity contribution in [2.75, 3.05) is 38.3 Å². The van der Waals surface area contributed by atoms with Crippen LogP contribution in [0, 0.1) is 4.91 Å². The van der Waals surface area contributed by atoms with Gasteiger partial charge in [-0.25, -0.2) is 0 Å². The highest BCUT2D eigenvalue weighted by atomic mass is 16.5. The van der Waals surface area contributed by atoms with E-state index in [1.165, 1.54) is 0 Å². The number of benzene rings is 3. The zero-order valence-electron chi connectivity index (χ0n) is 16.7. The summed E-state index contributed by atoms with van der Waals surface area (Å²) in [5.41, 5.74) is 1.39. The molecule has 0 aliphatic carbocycles. The van der Waals surface area contributed by atoms with E-state index >= 15 is 0 Å². The molecule has 7 heteroatoms. The molecule has 0 saturated carbocycles. The van der Waals surface area contributed by atoms with Crippen LogP contribution in [0.3, 0.4) is 0 Å².